The molecule has 0 bridgehead atoms. The SMILES string of the molecule is Cc1c(C2c3ccccc3C(=O)N2CC(=O)Nc2ccc(N3CCOCC3)cc2)c2ccccc2n1C. The summed E-state index contributed by atoms with van der Waals surface area (Å²) in [5, 5.41) is 4.09. The number of para-hydroxylation sites is 1. The molecule has 2 amide bonds. The highest BCUT2D eigenvalue weighted by Gasteiger charge is 2.40. The van der Waals surface area contributed by atoms with Crippen LogP contribution in [-0.4, -0.2) is 54.1 Å². The first-order valence-electron chi connectivity index (χ1n) is 12.7. The van der Waals surface area contributed by atoms with Crippen LogP contribution >= 0.6 is 0 Å². The Kier molecular flexibility index (Phi) is 5.93. The number of aromatic nitrogens is 1. The highest BCUT2D eigenvalue weighted by molar-refractivity contribution is 6.04. The summed E-state index contributed by atoms with van der Waals surface area (Å²) in [6, 6.07) is 23.4. The van der Waals surface area contributed by atoms with E-state index in [-0.39, 0.29) is 24.4 Å². The Labute approximate surface area is 216 Å². The van der Waals surface area contributed by atoms with Gasteiger partial charge in [0.05, 0.1) is 19.3 Å². The molecule has 7 heteroatoms. The molecule has 0 spiro atoms. The van der Waals surface area contributed by atoms with E-state index in [4.69, 9.17) is 4.74 Å². The van der Waals surface area contributed by atoms with Crippen LogP contribution in [0.15, 0.2) is 72.8 Å². The van der Waals surface area contributed by atoms with Crippen LogP contribution in [0.1, 0.15) is 33.2 Å². The number of amides is 2. The number of anilines is 2. The molecular weight excluding hydrogens is 464 g/mol. The summed E-state index contributed by atoms with van der Waals surface area (Å²) in [7, 11) is 2.04. The molecule has 6 rings (SSSR count). The molecule has 1 fully saturated rings. The smallest absolute Gasteiger partial charge is 0.255 e. The topological polar surface area (TPSA) is 66.8 Å². The number of ether oxygens (including phenoxy) is 1. The van der Waals surface area contributed by atoms with Crippen molar-refractivity contribution in [2.24, 2.45) is 7.05 Å². The lowest BCUT2D eigenvalue weighted by atomic mass is 9.95. The third-order valence-corrected chi connectivity index (χ3v) is 7.62. The van der Waals surface area contributed by atoms with Gasteiger partial charge in [-0.2, -0.15) is 0 Å². The van der Waals surface area contributed by atoms with Crippen molar-refractivity contribution >= 4 is 34.1 Å². The second-order valence-corrected chi connectivity index (χ2v) is 9.69. The highest BCUT2D eigenvalue weighted by Crippen LogP contribution is 2.43. The van der Waals surface area contributed by atoms with Crippen molar-refractivity contribution in [3.05, 3.63) is 95.2 Å². The third-order valence-electron chi connectivity index (χ3n) is 7.62. The fraction of sp³-hybridized carbons (Fsp3) is 0.267. The van der Waals surface area contributed by atoms with Gasteiger partial charge >= 0.3 is 0 Å². The van der Waals surface area contributed by atoms with Crippen molar-refractivity contribution in [3.8, 4) is 0 Å². The maximum Gasteiger partial charge on any atom is 0.255 e. The number of carbonyl (C=O) groups excluding carboxylic acids is 2. The number of hydrogen-bond acceptors (Lipinski definition) is 4. The van der Waals surface area contributed by atoms with Crippen molar-refractivity contribution in [2.75, 3.05) is 43.1 Å². The fourth-order valence-corrected chi connectivity index (χ4v) is 5.67. The van der Waals surface area contributed by atoms with Crippen molar-refractivity contribution in [2.45, 2.75) is 13.0 Å². The zero-order chi connectivity index (χ0) is 25.5. The Hall–Kier alpha value is -4.10. The van der Waals surface area contributed by atoms with Gasteiger partial charge in [0.15, 0.2) is 0 Å². The van der Waals surface area contributed by atoms with Crippen LogP contribution in [-0.2, 0) is 16.6 Å². The molecule has 1 unspecified atom stereocenters. The van der Waals surface area contributed by atoms with Crippen molar-refractivity contribution < 1.29 is 14.3 Å². The van der Waals surface area contributed by atoms with Crippen LogP contribution in [0.25, 0.3) is 10.9 Å². The molecule has 1 aromatic heterocycles. The standard InChI is InChI=1S/C30H30N4O3/c1-20-28(25-9-5-6-10-26(25)32(20)2)29-23-7-3-4-8-24(23)30(36)34(29)19-27(35)31-21-11-13-22(14-12-21)33-15-17-37-18-16-33/h3-14,29H,15-19H2,1-2H3,(H,31,35). The van der Waals surface area contributed by atoms with Gasteiger partial charge in [-0.25, -0.2) is 0 Å². The van der Waals surface area contributed by atoms with Crippen LogP contribution in [0.2, 0.25) is 0 Å². The van der Waals surface area contributed by atoms with Crippen molar-refractivity contribution in [1.29, 1.82) is 0 Å². The van der Waals surface area contributed by atoms with E-state index in [9.17, 15) is 9.59 Å². The van der Waals surface area contributed by atoms with Gasteiger partial charge in [-0.15, -0.1) is 0 Å². The number of nitrogens with one attached hydrogen (secondary N) is 1. The summed E-state index contributed by atoms with van der Waals surface area (Å²) in [4.78, 5) is 30.8. The number of morpholine rings is 1. The van der Waals surface area contributed by atoms with Crippen molar-refractivity contribution in [1.82, 2.24) is 9.47 Å². The van der Waals surface area contributed by atoms with Gasteiger partial charge in [0.1, 0.15) is 6.54 Å². The molecule has 37 heavy (non-hydrogen) atoms. The number of nitrogens with zero attached hydrogens (tertiary/aromatic N) is 3. The van der Waals surface area contributed by atoms with E-state index in [1.807, 2.05) is 67.7 Å². The summed E-state index contributed by atoms with van der Waals surface area (Å²) in [6.07, 6.45) is 0. The molecule has 0 aliphatic carbocycles. The lowest BCUT2D eigenvalue weighted by molar-refractivity contribution is -0.117. The molecule has 2 aliphatic heterocycles. The number of carbonyl (C=O) groups is 2. The summed E-state index contributed by atoms with van der Waals surface area (Å²) in [5.74, 6) is -0.339. The molecule has 3 aromatic carbocycles. The van der Waals surface area contributed by atoms with Crippen molar-refractivity contribution in [3.63, 3.8) is 0 Å². The van der Waals surface area contributed by atoms with E-state index in [1.54, 1.807) is 4.90 Å². The lowest BCUT2D eigenvalue weighted by Gasteiger charge is -2.29. The summed E-state index contributed by atoms with van der Waals surface area (Å²) in [5.41, 5.74) is 6.68. The van der Waals surface area contributed by atoms with Gasteiger partial charge in [0.25, 0.3) is 5.91 Å². The van der Waals surface area contributed by atoms with Gasteiger partial charge < -0.3 is 24.4 Å². The maximum atomic E-state index is 13.6. The molecule has 1 saturated heterocycles. The number of hydrogen-bond donors (Lipinski definition) is 1. The first kappa shape index (κ1) is 23.3. The van der Waals surface area contributed by atoms with E-state index in [2.05, 4.69) is 33.8 Å². The zero-order valence-corrected chi connectivity index (χ0v) is 21.1. The Morgan fingerprint density at radius 3 is 2.46 bits per heavy atom. The van der Waals surface area contributed by atoms with Gasteiger partial charge in [-0.3, -0.25) is 9.59 Å². The fourth-order valence-electron chi connectivity index (χ4n) is 5.67. The monoisotopic (exact) mass is 494 g/mol. The van der Waals surface area contributed by atoms with E-state index < -0.39 is 0 Å². The Morgan fingerprint density at radius 1 is 0.973 bits per heavy atom. The quantitative estimate of drug-likeness (QED) is 0.444. The Balaban J connectivity index is 1.28. The molecule has 2 aliphatic rings. The molecule has 1 N–H and O–H groups in total. The van der Waals surface area contributed by atoms with E-state index in [1.165, 1.54) is 0 Å². The van der Waals surface area contributed by atoms with Crippen LogP contribution in [0.3, 0.4) is 0 Å². The van der Waals surface area contributed by atoms with Gasteiger partial charge in [-0.05, 0) is 48.9 Å². The number of fused-ring (bicyclic) bond motifs is 2. The first-order valence-corrected chi connectivity index (χ1v) is 12.7. The first-order chi connectivity index (χ1) is 18.0. The summed E-state index contributed by atoms with van der Waals surface area (Å²) in [6.45, 7) is 5.21. The summed E-state index contributed by atoms with van der Waals surface area (Å²) >= 11 is 0. The van der Waals surface area contributed by atoms with Gasteiger partial charge in [-0.1, -0.05) is 36.4 Å². The highest BCUT2D eigenvalue weighted by atomic mass is 16.5. The minimum Gasteiger partial charge on any atom is -0.378 e. The average Bonchev–Trinajstić information content (AvgIpc) is 3.34. The molecule has 0 saturated carbocycles. The normalized spacial score (nSPS) is 17.4. The number of rotatable bonds is 5. The van der Waals surface area contributed by atoms with E-state index in [0.717, 1.165) is 59.7 Å². The van der Waals surface area contributed by atoms with E-state index in [0.29, 0.717) is 11.3 Å². The molecule has 0 radical (unpaired) electrons. The van der Waals surface area contributed by atoms with Crippen LogP contribution in [0.5, 0.6) is 0 Å². The largest absolute Gasteiger partial charge is 0.378 e. The number of benzene rings is 3. The average molecular weight is 495 g/mol. The molecule has 3 heterocycles. The molecular formula is C30H30N4O3. The zero-order valence-electron chi connectivity index (χ0n) is 21.1. The van der Waals surface area contributed by atoms with Crippen LogP contribution < -0.4 is 10.2 Å². The second-order valence-electron chi connectivity index (χ2n) is 9.69. The minimum atomic E-state index is -0.329. The number of aryl methyl sites for hydroxylation is 1. The lowest BCUT2D eigenvalue weighted by Crippen LogP contribution is -2.37. The minimum absolute atomic E-state index is 0.0357. The predicted octanol–water partition coefficient (Wildman–Crippen LogP) is 4.51. The van der Waals surface area contributed by atoms with Crippen LogP contribution in [0.4, 0.5) is 11.4 Å². The third kappa shape index (κ3) is 4.05. The Morgan fingerprint density at radius 2 is 1.68 bits per heavy atom. The maximum absolute atomic E-state index is 13.6. The molecule has 1 atom stereocenters. The van der Waals surface area contributed by atoms with Gasteiger partial charge in [0.2, 0.25) is 5.91 Å². The molecule has 7 nitrogen and oxygen atoms in total. The van der Waals surface area contributed by atoms with E-state index >= 15 is 0 Å². The molecule has 4 aromatic rings. The summed E-state index contributed by atoms with van der Waals surface area (Å²) < 4.78 is 7.59. The van der Waals surface area contributed by atoms with Gasteiger partial charge in [0, 0.05) is 59.2 Å². The van der Waals surface area contributed by atoms with Crippen LogP contribution in [0, 0.1) is 6.92 Å². The second kappa shape index (κ2) is 9.41. The Bertz CT molecular complexity index is 1480. The molecule has 188 valence electrons. The predicted molar refractivity (Wildman–Crippen MR) is 145 cm³/mol.